The Balaban J connectivity index is 2.03. The molecule has 0 spiro atoms. The van der Waals surface area contributed by atoms with Gasteiger partial charge in [-0.3, -0.25) is 9.69 Å². The molecule has 7 heteroatoms. The fourth-order valence-electron chi connectivity index (χ4n) is 1.96. The van der Waals surface area contributed by atoms with E-state index in [1.807, 2.05) is 19.9 Å². The Morgan fingerprint density at radius 1 is 1.50 bits per heavy atom. The first kappa shape index (κ1) is 14.3. The van der Waals surface area contributed by atoms with Gasteiger partial charge in [-0.15, -0.1) is 11.8 Å². The van der Waals surface area contributed by atoms with Crippen LogP contribution in [-0.2, 0) is 4.79 Å². The van der Waals surface area contributed by atoms with E-state index in [0.717, 1.165) is 11.3 Å². The Labute approximate surface area is 121 Å². The molecule has 1 N–H and O–H groups in total. The van der Waals surface area contributed by atoms with Crippen LogP contribution in [0.5, 0.6) is 0 Å². The van der Waals surface area contributed by atoms with Gasteiger partial charge in [0.2, 0.25) is 5.91 Å². The molecule has 2 heterocycles. The molecule has 1 aromatic rings. The summed E-state index contributed by atoms with van der Waals surface area (Å²) < 4.78 is 0. The van der Waals surface area contributed by atoms with Crippen molar-refractivity contribution in [2.75, 3.05) is 18.8 Å². The highest BCUT2D eigenvalue weighted by molar-refractivity contribution is 7.99. The Morgan fingerprint density at radius 3 is 2.85 bits per heavy atom. The largest absolute Gasteiger partial charge is 0.329 e. The van der Waals surface area contributed by atoms with Gasteiger partial charge < -0.3 is 5.32 Å². The standard InChI is InChI=1S/C13H14N4O2S/c1-8-5-9(2)16-12(10(8)6-14)20-4-3-17-11(18)7-15-13(17)19/h5H,3-4,7H2,1-2H3,(H,15,19). The third-order valence-corrected chi connectivity index (χ3v) is 3.87. The number of hydrogen-bond acceptors (Lipinski definition) is 5. The first-order valence-electron chi connectivity index (χ1n) is 6.12. The maximum absolute atomic E-state index is 11.4. The van der Waals surface area contributed by atoms with Crippen LogP contribution in [-0.4, -0.2) is 40.7 Å². The highest BCUT2D eigenvalue weighted by Crippen LogP contribution is 2.23. The second-order valence-corrected chi connectivity index (χ2v) is 5.51. The number of nitrogens with zero attached hydrogens (tertiary/aromatic N) is 3. The van der Waals surface area contributed by atoms with Gasteiger partial charge in [0.1, 0.15) is 11.1 Å². The van der Waals surface area contributed by atoms with Crippen molar-refractivity contribution in [1.82, 2.24) is 15.2 Å². The zero-order valence-electron chi connectivity index (χ0n) is 11.3. The molecular weight excluding hydrogens is 276 g/mol. The van der Waals surface area contributed by atoms with Crippen molar-refractivity contribution >= 4 is 23.7 Å². The molecule has 0 bridgehead atoms. The first-order chi connectivity index (χ1) is 9.52. The minimum Gasteiger partial charge on any atom is -0.329 e. The zero-order chi connectivity index (χ0) is 14.7. The van der Waals surface area contributed by atoms with Gasteiger partial charge in [0, 0.05) is 18.0 Å². The van der Waals surface area contributed by atoms with Crippen molar-refractivity contribution in [3.8, 4) is 6.07 Å². The topological polar surface area (TPSA) is 86.1 Å². The number of urea groups is 1. The molecule has 3 amide bonds. The smallest absolute Gasteiger partial charge is 0.324 e. The van der Waals surface area contributed by atoms with E-state index in [-0.39, 0.29) is 18.5 Å². The number of rotatable bonds is 4. The number of thioether (sulfide) groups is 1. The average molecular weight is 290 g/mol. The molecule has 0 aliphatic carbocycles. The maximum Gasteiger partial charge on any atom is 0.324 e. The van der Waals surface area contributed by atoms with Gasteiger partial charge in [-0.1, -0.05) is 0 Å². The van der Waals surface area contributed by atoms with E-state index in [0.29, 0.717) is 22.9 Å². The lowest BCUT2D eigenvalue weighted by molar-refractivity contribution is -0.124. The van der Waals surface area contributed by atoms with Crippen LogP contribution in [0.25, 0.3) is 0 Å². The van der Waals surface area contributed by atoms with E-state index in [1.54, 1.807) is 0 Å². The van der Waals surface area contributed by atoms with Crippen LogP contribution in [0.15, 0.2) is 11.1 Å². The highest BCUT2D eigenvalue weighted by Gasteiger charge is 2.27. The normalized spacial score (nSPS) is 14.3. The van der Waals surface area contributed by atoms with Crippen molar-refractivity contribution in [3.05, 3.63) is 22.9 Å². The lowest BCUT2D eigenvalue weighted by Crippen LogP contribution is -2.32. The van der Waals surface area contributed by atoms with Crippen LogP contribution in [0.2, 0.25) is 0 Å². The number of carbonyl (C=O) groups is 2. The molecule has 1 fully saturated rings. The summed E-state index contributed by atoms with van der Waals surface area (Å²) in [6.45, 7) is 4.12. The zero-order valence-corrected chi connectivity index (χ0v) is 12.1. The summed E-state index contributed by atoms with van der Waals surface area (Å²) in [5, 5.41) is 12.3. The third-order valence-electron chi connectivity index (χ3n) is 2.91. The Morgan fingerprint density at radius 2 is 2.25 bits per heavy atom. The van der Waals surface area contributed by atoms with Crippen molar-refractivity contribution in [3.63, 3.8) is 0 Å². The minimum atomic E-state index is -0.357. The van der Waals surface area contributed by atoms with Crippen molar-refractivity contribution < 1.29 is 9.59 Å². The SMILES string of the molecule is Cc1cc(C)c(C#N)c(SCCN2C(=O)CNC2=O)n1. The van der Waals surface area contributed by atoms with E-state index in [9.17, 15) is 9.59 Å². The predicted octanol–water partition coefficient (Wildman–Crippen LogP) is 1.21. The molecule has 2 rings (SSSR count). The summed E-state index contributed by atoms with van der Waals surface area (Å²) in [5.41, 5.74) is 2.29. The summed E-state index contributed by atoms with van der Waals surface area (Å²) in [6.07, 6.45) is 0. The molecule has 0 saturated carbocycles. The fourth-order valence-corrected chi connectivity index (χ4v) is 2.98. The lowest BCUT2D eigenvalue weighted by Gasteiger charge is -2.12. The molecule has 104 valence electrons. The first-order valence-corrected chi connectivity index (χ1v) is 7.11. The number of aryl methyl sites for hydroxylation is 2. The fraction of sp³-hybridized carbons (Fsp3) is 0.385. The van der Waals surface area contributed by atoms with E-state index in [2.05, 4.69) is 16.4 Å². The van der Waals surface area contributed by atoms with Crippen molar-refractivity contribution in [1.29, 1.82) is 5.26 Å². The number of nitriles is 1. The van der Waals surface area contributed by atoms with Crippen LogP contribution in [0, 0.1) is 25.2 Å². The van der Waals surface area contributed by atoms with Crippen LogP contribution < -0.4 is 5.32 Å². The van der Waals surface area contributed by atoms with Gasteiger partial charge in [-0.2, -0.15) is 5.26 Å². The highest BCUT2D eigenvalue weighted by atomic mass is 32.2. The number of carbonyl (C=O) groups excluding carboxylic acids is 2. The molecule has 1 aliphatic rings. The summed E-state index contributed by atoms with van der Waals surface area (Å²) >= 11 is 1.38. The van der Waals surface area contributed by atoms with Crippen LogP contribution in [0.1, 0.15) is 16.8 Å². The van der Waals surface area contributed by atoms with Crippen molar-refractivity contribution in [2.24, 2.45) is 0 Å². The maximum atomic E-state index is 11.4. The monoisotopic (exact) mass is 290 g/mol. The number of nitrogens with one attached hydrogen (secondary N) is 1. The molecule has 0 radical (unpaired) electrons. The third kappa shape index (κ3) is 2.91. The average Bonchev–Trinajstić information content (AvgIpc) is 2.70. The van der Waals surface area contributed by atoms with Gasteiger partial charge in [0.15, 0.2) is 0 Å². The Kier molecular flexibility index (Phi) is 4.25. The quantitative estimate of drug-likeness (QED) is 0.665. The van der Waals surface area contributed by atoms with E-state index in [1.165, 1.54) is 16.7 Å². The lowest BCUT2D eigenvalue weighted by atomic mass is 10.1. The molecule has 1 saturated heterocycles. The summed E-state index contributed by atoms with van der Waals surface area (Å²) in [4.78, 5) is 28.3. The summed E-state index contributed by atoms with van der Waals surface area (Å²) in [5.74, 6) is 0.300. The molecule has 0 atom stereocenters. The van der Waals surface area contributed by atoms with Gasteiger partial charge in [0.05, 0.1) is 12.1 Å². The molecule has 1 aliphatic heterocycles. The number of amides is 3. The van der Waals surface area contributed by atoms with Gasteiger partial charge in [-0.05, 0) is 25.5 Å². The van der Waals surface area contributed by atoms with Crippen LogP contribution >= 0.6 is 11.8 Å². The Bertz CT molecular complexity index is 593. The predicted molar refractivity (Wildman–Crippen MR) is 74.3 cm³/mol. The van der Waals surface area contributed by atoms with Gasteiger partial charge in [-0.25, -0.2) is 9.78 Å². The minimum absolute atomic E-state index is 0.0642. The second-order valence-electron chi connectivity index (χ2n) is 4.43. The van der Waals surface area contributed by atoms with E-state index >= 15 is 0 Å². The molecule has 1 aromatic heterocycles. The van der Waals surface area contributed by atoms with Crippen molar-refractivity contribution in [2.45, 2.75) is 18.9 Å². The number of aromatic nitrogens is 1. The summed E-state index contributed by atoms with van der Waals surface area (Å²) in [6, 6.07) is 3.65. The summed E-state index contributed by atoms with van der Waals surface area (Å²) in [7, 11) is 0. The van der Waals surface area contributed by atoms with E-state index < -0.39 is 0 Å². The molecule has 20 heavy (non-hydrogen) atoms. The molecular formula is C13H14N4O2S. The number of imide groups is 1. The molecule has 0 aromatic carbocycles. The van der Waals surface area contributed by atoms with Gasteiger partial charge in [0.25, 0.3) is 0 Å². The van der Waals surface area contributed by atoms with E-state index in [4.69, 9.17) is 5.26 Å². The second kappa shape index (κ2) is 5.92. The van der Waals surface area contributed by atoms with Crippen LogP contribution in [0.4, 0.5) is 4.79 Å². The number of pyridine rings is 1. The van der Waals surface area contributed by atoms with Gasteiger partial charge >= 0.3 is 6.03 Å². The number of hydrogen-bond donors (Lipinski definition) is 1. The molecule has 0 unspecified atom stereocenters. The Hall–Kier alpha value is -2.07. The van der Waals surface area contributed by atoms with Crippen LogP contribution in [0.3, 0.4) is 0 Å². The molecule has 6 nitrogen and oxygen atoms in total.